The van der Waals surface area contributed by atoms with Gasteiger partial charge in [0.15, 0.2) is 0 Å². The highest BCUT2D eigenvalue weighted by atomic mass is 35.5. The van der Waals surface area contributed by atoms with Crippen molar-refractivity contribution in [1.29, 1.82) is 0 Å². The molecule has 0 radical (unpaired) electrons. The molecule has 6 nitrogen and oxygen atoms in total. The van der Waals surface area contributed by atoms with E-state index in [0.717, 1.165) is 25.9 Å². The lowest BCUT2D eigenvalue weighted by atomic mass is 10.1. The van der Waals surface area contributed by atoms with Crippen LogP contribution >= 0.6 is 23.7 Å². The molecule has 1 aliphatic rings. The Balaban J connectivity index is 1.61. The molecule has 1 N–H and O–H groups in total. The number of piperidine rings is 1. The summed E-state index contributed by atoms with van der Waals surface area (Å²) in [6.07, 6.45) is 3.36. The fourth-order valence-corrected chi connectivity index (χ4v) is 4.07. The van der Waals surface area contributed by atoms with E-state index in [1.165, 1.54) is 10.4 Å². The smallest absolute Gasteiger partial charge is 0.287 e. The van der Waals surface area contributed by atoms with E-state index in [2.05, 4.69) is 38.2 Å². The van der Waals surface area contributed by atoms with Crippen LogP contribution in [0.3, 0.4) is 0 Å². The zero-order valence-electron chi connectivity index (χ0n) is 14.4. The molecular formula is C17H22ClN5OS. The van der Waals surface area contributed by atoms with E-state index >= 15 is 0 Å². The SMILES string of the molecule is CNc1cnn(C2CCN(SN(C)c3ccccc3)CC2)c(=O)c1Cl. The molecule has 0 bridgehead atoms. The molecule has 0 spiro atoms. The average molecular weight is 380 g/mol. The monoisotopic (exact) mass is 379 g/mol. The van der Waals surface area contributed by atoms with Crippen LogP contribution in [0.5, 0.6) is 0 Å². The highest BCUT2D eigenvalue weighted by molar-refractivity contribution is 7.98. The molecule has 3 rings (SSSR count). The number of hydrogen-bond donors (Lipinski definition) is 1. The topological polar surface area (TPSA) is 53.4 Å². The first-order chi connectivity index (χ1) is 12.1. The number of nitrogens with zero attached hydrogens (tertiary/aromatic N) is 4. The van der Waals surface area contributed by atoms with Gasteiger partial charge in [-0.15, -0.1) is 0 Å². The lowest BCUT2D eigenvalue weighted by Crippen LogP contribution is -2.37. The van der Waals surface area contributed by atoms with Crippen LogP contribution in [0.25, 0.3) is 0 Å². The van der Waals surface area contributed by atoms with Crippen molar-refractivity contribution < 1.29 is 0 Å². The number of hydrogen-bond acceptors (Lipinski definition) is 6. The van der Waals surface area contributed by atoms with Crippen LogP contribution in [0.15, 0.2) is 41.3 Å². The Bertz CT molecular complexity index is 761. The number of benzene rings is 1. The highest BCUT2D eigenvalue weighted by Gasteiger charge is 2.24. The molecular weight excluding hydrogens is 358 g/mol. The van der Waals surface area contributed by atoms with E-state index in [1.54, 1.807) is 25.4 Å². The molecule has 0 amide bonds. The maximum atomic E-state index is 12.4. The minimum atomic E-state index is -0.221. The Morgan fingerprint density at radius 3 is 2.60 bits per heavy atom. The first kappa shape index (κ1) is 18.1. The summed E-state index contributed by atoms with van der Waals surface area (Å²) >= 11 is 7.83. The number of aromatic nitrogens is 2. The number of anilines is 2. The van der Waals surface area contributed by atoms with Gasteiger partial charge in [0.25, 0.3) is 5.56 Å². The fourth-order valence-electron chi connectivity index (χ4n) is 2.91. The minimum Gasteiger partial charge on any atom is -0.385 e. The van der Waals surface area contributed by atoms with Gasteiger partial charge in [-0.05, 0) is 25.0 Å². The molecule has 2 heterocycles. The standard InChI is InChI=1S/C17H22ClN5OS/c1-19-15-12-20-23(17(24)16(15)18)14-8-10-22(11-9-14)25-21(2)13-6-4-3-5-7-13/h3-7,12,14,19H,8-11H2,1-2H3. The number of para-hydroxylation sites is 1. The van der Waals surface area contributed by atoms with Gasteiger partial charge in [0, 0.05) is 45.0 Å². The van der Waals surface area contributed by atoms with Gasteiger partial charge < -0.3 is 9.62 Å². The predicted octanol–water partition coefficient (Wildman–Crippen LogP) is 3.27. The Morgan fingerprint density at radius 2 is 1.96 bits per heavy atom. The average Bonchev–Trinajstić information content (AvgIpc) is 2.65. The van der Waals surface area contributed by atoms with E-state index in [-0.39, 0.29) is 16.6 Å². The summed E-state index contributed by atoms with van der Waals surface area (Å²) in [6, 6.07) is 10.4. The van der Waals surface area contributed by atoms with Crippen LogP contribution in [-0.4, -0.2) is 41.3 Å². The predicted molar refractivity (Wildman–Crippen MR) is 105 cm³/mol. The largest absolute Gasteiger partial charge is 0.385 e. The van der Waals surface area contributed by atoms with Gasteiger partial charge in [0.05, 0.1) is 17.9 Å². The van der Waals surface area contributed by atoms with Crippen LogP contribution in [0.4, 0.5) is 11.4 Å². The van der Waals surface area contributed by atoms with E-state index in [0.29, 0.717) is 5.69 Å². The maximum Gasteiger partial charge on any atom is 0.287 e. The van der Waals surface area contributed by atoms with Crippen molar-refractivity contribution in [2.75, 3.05) is 36.8 Å². The summed E-state index contributed by atoms with van der Waals surface area (Å²) in [5, 5.41) is 7.38. The van der Waals surface area contributed by atoms with Crippen molar-refractivity contribution in [3.05, 3.63) is 51.9 Å². The van der Waals surface area contributed by atoms with Crippen LogP contribution in [0.2, 0.25) is 5.02 Å². The van der Waals surface area contributed by atoms with Crippen LogP contribution in [-0.2, 0) is 0 Å². The van der Waals surface area contributed by atoms with Gasteiger partial charge in [0.2, 0.25) is 0 Å². The molecule has 1 aromatic heterocycles. The molecule has 134 valence electrons. The molecule has 1 aromatic carbocycles. The summed E-state index contributed by atoms with van der Waals surface area (Å²) in [5.41, 5.74) is 1.52. The third-order valence-electron chi connectivity index (χ3n) is 4.34. The van der Waals surface area contributed by atoms with Crippen LogP contribution in [0, 0.1) is 0 Å². The Kier molecular flexibility index (Phi) is 5.88. The van der Waals surface area contributed by atoms with Crippen molar-refractivity contribution in [3.8, 4) is 0 Å². The zero-order chi connectivity index (χ0) is 17.8. The lowest BCUT2D eigenvalue weighted by Gasteiger charge is -2.33. The maximum absolute atomic E-state index is 12.4. The van der Waals surface area contributed by atoms with Gasteiger partial charge in [-0.25, -0.2) is 8.99 Å². The second-order valence-corrected chi connectivity index (χ2v) is 7.55. The highest BCUT2D eigenvalue weighted by Crippen LogP contribution is 2.29. The second kappa shape index (κ2) is 8.12. The summed E-state index contributed by atoms with van der Waals surface area (Å²) in [4.78, 5) is 12.4. The van der Waals surface area contributed by atoms with E-state index in [4.69, 9.17) is 11.6 Å². The van der Waals surface area contributed by atoms with Crippen molar-refractivity contribution in [1.82, 2.24) is 14.1 Å². The Morgan fingerprint density at radius 1 is 1.28 bits per heavy atom. The minimum absolute atomic E-state index is 0.0924. The quantitative estimate of drug-likeness (QED) is 0.804. The van der Waals surface area contributed by atoms with Gasteiger partial charge in [-0.1, -0.05) is 29.8 Å². The third kappa shape index (κ3) is 4.11. The van der Waals surface area contributed by atoms with Crippen molar-refractivity contribution in [2.45, 2.75) is 18.9 Å². The van der Waals surface area contributed by atoms with Gasteiger partial charge in [-0.3, -0.25) is 4.79 Å². The molecule has 2 aromatic rings. The van der Waals surface area contributed by atoms with Crippen molar-refractivity contribution in [3.63, 3.8) is 0 Å². The Labute approximate surface area is 157 Å². The van der Waals surface area contributed by atoms with Crippen LogP contribution in [0.1, 0.15) is 18.9 Å². The molecule has 0 atom stereocenters. The second-order valence-electron chi connectivity index (χ2n) is 5.95. The molecule has 1 saturated heterocycles. The normalized spacial score (nSPS) is 16.0. The van der Waals surface area contributed by atoms with E-state index in [1.807, 2.05) is 18.2 Å². The first-order valence-corrected chi connectivity index (χ1v) is 9.38. The Hall–Kier alpha value is -1.70. The number of nitrogens with one attached hydrogen (secondary N) is 1. The number of halogens is 1. The lowest BCUT2D eigenvalue weighted by molar-refractivity contribution is 0.269. The van der Waals surface area contributed by atoms with Crippen LogP contribution < -0.4 is 15.2 Å². The summed E-state index contributed by atoms with van der Waals surface area (Å²) in [5.74, 6) is 0. The molecule has 0 unspecified atom stereocenters. The first-order valence-electron chi connectivity index (χ1n) is 8.27. The summed E-state index contributed by atoms with van der Waals surface area (Å²) < 4.78 is 6.01. The molecule has 0 aliphatic carbocycles. The van der Waals surface area contributed by atoms with Gasteiger partial charge >= 0.3 is 0 Å². The van der Waals surface area contributed by atoms with Crippen molar-refractivity contribution >= 4 is 35.1 Å². The molecule has 8 heteroatoms. The van der Waals surface area contributed by atoms with E-state index < -0.39 is 0 Å². The van der Waals surface area contributed by atoms with E-state index in [9.17, 15) is 4.79 Å². The fraction of sp³-hybridized carbons (Fsp3) is 0.412. The molecule has 25 heavy (non-hydrogen) atoms. The summed E-state index contributed by atoms with van der Waals surface area (Å²) in [7, 11) is 3.79. The molecule has 1 fully saturated rings. The van der Waals surface area contributed by atoms with Gasteiger partial charge in [0.1, 0.15) is 5.02 Å². The third-order valence-corrected chi connectivity index (χ3v) is 5.76. The van der Waals surface area contributed by atoms with Gasteiger partial charge in [-0.2, -0.15) is 5.10 Å². The summed E-state index contributed by atoms with van der Waals surface area (Å²) in [6.45, 7) is 1.79. The molecule has 0 saturated carbocycles. The van der Waals surface area contributed by atoms with Crippen molar-refractivity contribution in [2.24, 2.45) is 0 Å². The number of rotatable bonds is 5. The zero-order valence-corrected chi connectivity index (χ0v) is 15.9. The molecule has 1 aliphatic heterocycles.